The summed E-state index contributed by atoms with van der Waals surface area (Å²) in [5.74, 6) is -0.582. The van der Waals surface area contributed by atoms with Gasteiger partial charge in [0.1, 0.15) is 0 Å². The SMILES string of the molecule is COC(=O)c1ccc(Cl)c(NS(=O)(=O)/C=C/c2ccccc2)c1. The third kappa shape index (κ3) is 4.84. The van der Waals surface area contributed by atoms with Crippen molar-refractivity contribution in [2.45, 2.75) is 0 Å². The Balaban J connectivity index is 2.23. The number of nitrogens with one attached hydrogen (secondary N) is 1. The van der Waals surface area contributed by atoms with Crippen LogP contribution in [0.15, 0.2) is 53.9 Å². The van der Waals surface area contributed by atoms with Crippen LogP contribution >= 0.6 is 11.6 Å². The number of carbonyl (C=O) groups is 1. The number of methoxy groups -OCH3 is 1. The van der Waals surface area contributed by atoms with Gasteiger partial charge in [0, 0.05) is 0 Å². The Morgan fingerprint density at radius 2 is 1.87 bits per heavy atom. The van der Waals surface area contributed by atoms with Gasteiger partial charge in [-0.2, -0.15) is 0 Å². The quantitative estimate of drug-likeness (QED) is 0.836. The van der Waals surface area contributed by atoms with Gasteiger partial charge in [0.2, 0.25) is 0 Å². The summed E-state index contributed by atoms with van der Waals surface area (Å²) in [4.78, 5) is 11.5. The van der Waals surface area contributed by atoms with Gasteiger partial charge in [-0.3, -0.25) is 4.72 Å². The largest absolute Gasteiger partial charge is 0.465 e. The smallest absolute Gasteiger partial charge is 0.337 e. The van der Waals surface area contributed by atoms with Crippen molar-refractivity contribution in [2.75, 3.05) is 11.8 Å². The van der Waals surface area contributed by atoms with E-state index in [2.05, 4.69) is 9.46 Å². The molecule has 2 rings (SSSR count). The third-order valence-corrected chi connectivity index (χ3v) is 4.21. The molecule has 5 nitrogen and oxygen atoms in total. The fraction of sp³-hybridized carbons (Fsp3) is 0.0625. The molecule has 0 spiro atoms. The summed E-state index contributed by atoms with van der Waals surface area (Å²) in [6, 6.07) is 13.2. The van der Waals surface area contributed by atoms with Gasteiger partial charge in [0.25, 0.3) is 10.0 Å². The number of ether oxygens (including phenoxy) is 1. The van der Waals surface area contributed by atoms with Crippen LogP contribution in [0.5, 0.6) is 0 Å². The predicted octanol–water partition coefficient (Wildman–Crippen LogP) is 3.54. The summed E-state index contributed by atoms with van der Waals surface area (Å²) in [6.07, 6.45) is 1.46. The second-order valence-corrected chi connectivity index (χ2v) is 6.52. The average Bonchev–Trinajstić information content (AvgIpc) is 2.55. The first kappa shape index (κ1) is 17.1. The maximum absolute atomic E-state index is 12.1. The van der Waals surface area contributed by atoms with Gasteiger partial charge < -0.3 is 4.74 Å². The molecule has 0 aromatic heterocycles. The molecule has 0 fully saturated rings. The molecule has 120 valence electrons. The number of anilines is 1. The molecule has 0 bridgehead atoms. The fourth-order valence-corrected chi connectivity index (χ4v) is 2.87. The molecule has 0 aliphatic heterocycles. The van der Waals surface area contributed by atoms with Crippen molar-refractivity contribution in [3.05, 3.63) is 70.1 Å². The van der Waals surface area contributed by atoms with Crippen LogP contribution in [0.3, 0.4) is 0 Å². The molecule has 0 saturated carbocycles. The number of sulfonamides is 1. The van der Waals surface area contributed by atoms with Crippen molar-refractivity contribution >= 4 is 39.4 Å². The molecule has 2 aromatic carbocycles. The van der Waals surface area contributed by atoms with Gasteiger partial charge >= 0.3 is 5.97 Å². The molecule has 0 aliphatic rings. The van der Waals surface area contributed by atoms with E-state index in [4.69, 9.17) is 11.6 Å². The molecule has 0 heterocycles. The minimum Gasteiger partial charge on any atom is -0.465 e. The number of esters is 1. The molecule has 0 saturated heterocycles. The summed E-state index contributed by atoms with van der Waals surface area (Å²) < 4.78 is 31.1. The fourth-order valence-electron chi connectivity index (χ4n) is 1.77. The second kappa shape index (κ2) is 7.30. The molecule has 23 heavy (non-hydrogen) atoms. The van der Waals surface area contributed by atoms with E-state index in [9.17, 15) is 13.2 Å². The van der Waals surface area contributed by atoms with Crippen molar-refractivity contribution in [3.8, 4) is 0 Å². The van der Waals surface area contributed by atoms with Crippen LogP contribution in [0, 0.1) is 0 Å². The van der Waals surface area contributed by atoms with E-state index in [-0.39, 0.29) is 16.3 Å². The molecule has 0 atom stereocenters. The standard InChI is InChI=1S/C16H14ClNO4S/c1-22-16(19)13-7-8-14(17)15(11-13)18-23(20,21)10-9-12-5-3-2-4-6-12/h2-11,18H,1H3/b10-9+. The molecule has 0 radical (unpaired) electrons. The second-order valence-electron chi connectivity index (χ2n) is 4.55. The Morgan fingerprint density at radius 1 is 1.17 bits per heavy atom. The molecule has 2 aromatic rings. The lowest BCUT2D eigenvalue weighted by molar-refractivity contribution is 0.0601. The molecular formula is C16H14ClNO4S. The van der Waals surface area contributed by atoms with Crippen LogP contribution < -0.4 is 4.72 Å². The van der Waals surface area contributed by atoms with Crippen LogP contribution in [0.1, 0.15) is 15.9 Å². The topological polar surface area (TPSA) is 72.5 Å². The summed E-state index contributed by atoms with van der Waals surface area (Å²) in [7, 11) is -2.53. The van der Waals surface area contributed by atoms with E-state index in [1.54, 1.807) is 24.3 Å². The van der Waals surface area contributed by atoms with Crippen molar-refractivity contribution in [2.24, 2.45) is 0 Å². The molecule has 7 heteroatoms. The van der Waals surface area contributed by atoms with Gasteiger partial charge in [-0.15, -0.1) is 0 Å². The Morgan fingerprint density at radius 3 is 2.52 bits per heavy atom. The zero-order valence-electron chi connectivity index (χ0n) is 12.2. The zero-order chi connectivity index (χ0) is 16.9. The molecular weight excluding hydrogens is 338 g/mol. The number of halogens is 1. The number of hydrogen-bond acceptors (Lipinski definition) is 4. The van der Waals surface area contributed by atoms with E-state index in [0.29, 0.717) is 0 Å². The third-order valence-electron chi connectivity index (χ3n) is 2.88. The van der Waals surface area contributed by atoms with Crippen LogP contribution in [0.25, 0.3) is 6.08 Å². The zero-order valence-corrected chi connectivity index (χ0v) is 13.8. The maximum Gasteiger partial charge on any atom is 0.337 e. The number of benzene rings is 2. The van der Waals surface area contributed by atoms with E-state index in [0.717, 1.165) is 11.0 Å². The number of rotatable bonds is 5. The van der Waals surface area contributed by atoms with Gasteiger partial charge in [0.15, 0.2) is 0 Å². The Bertz CT molecular complexity index is 832. The van der Waals surface area contributed by atoms with Crippen LogP contribution in [-0.4, -0.2) is 21.5 Å². The highest BCUT2D eigenvalue weighted by molar-refractivity contribution is 7.95. The number of hydrogen-bond donors (Lipinski definition) is 1. The normalized spacial score (nSPS) is 11.4. The summed E-state index contributed by atoms with van der Waals surface area (Å²) in [5, 5.41) is 1.21. The first-order valence-electron chi connectivity index (χ1n) is 6.55. The van der Waals surface area contributed by atoms with Crippen molar-refractivity contribution < 1.29 is 17.9 Å². The summed E-state index contributed by atoms with van der Waals surface area (Å²) in [6.45, 7) is 0. The van der Waals surface area contributed by atoms with Crippen LogP contribution in [0.2, 0.25) is 5.02 Å². The highest BCUT2D eigenvalue weighted by Crippen LogP contribution is 2.25. The molecule has 0 aliphatic carbocycles. The average molecular weight is 352 g/mol. The summed E-state index contributed by atoms with van der Waals surface area (Å²) >= 11 is 5.96. The minimum absolute atomic E-state index is 0.104. The van der Waals surface area contributed by atoms with E-state index >= 15 is 0 Å². The lowest BCUT2D eigenvalue weighted by Crippen LogP contribution is -2.10. The number of carbonyl (C=O) groups excluding carboxylic acids is 1. The van der Waals surface area contributed by atoms with Gasteiger partial charge in [0.05, 0.1) is 28.8 Å². The van der Waals surface area contributed by atoms with E-state index in [1.807, 2.05) is 6.07 Å². The lowest BCUT2D eigenvalue weighted by Gasteiger charge is -2.08. The highest BCUT2D eigenvalue weighted by atomic mass is 35.5. The molecule has 0 unspecified atom stereocenters. The molecule has 0 amide bonds. The predicted molar refractivity (Wildman–Crippen MR) is 90.8 cm³/mol. The van der Waals surface area contributed by atoms with E-state index < -0.39 is 16.0 Å². The molecule has 1 N–H and O–H groups in total. The maximum atomic E-state index is 12.1. The lowest BCUT2D eigenvalue weighted by atomic mass is 10.2. The van der Waals surface area contributed by atoms with Gasteiger partial charge in [-0.25, -0.2) is 13.2 Å². The summed E-state index contributed by atoms with van der Waals surface area (Å²) in [5.41, 5.74) is 1.04. The Kier molecular flexibility index (Phi) is 5.41. The first-order chi connectivity index (χ1) is 10.9. The Labute approximate surface area is 139 Å². The first-order valence-corrected chi connectivity index (χ1v) is 8.47. The van der Waals surface area contributed by atoms with Crippen LogP contribution in [-0.2, 0) is 14.8 Å². The van der Waals surface area contributed by atoms with Crippen molar-refractivity contribution in [1.82, 2.24) is 0 Å². The monoisotopic (exact) mass is 351 g/mol. The highest BCUT2D eigenvalue weighted by Gasteiger charge is 2.13. The minimum atomic E-state index is -3.77. The Hall–Kier alpha value is -2.31. The van der Waals surface area contributed by atoms with Crippen molar-refractivity contribution in [3.63, 3.8) is 0 Å². The van der Waals surface area contributed by atoms with Gasteiger partial charge in [-0.05, 0) is 29.8 Å². The van der Waals surface area contributed by atoms with Crippen LogP contribution in [0.4, 0.5) is 5.69 Å². The van der Waals surface area contributed by atoms with Gasteiger partial charge in [-0.1, -0.05) is 41.9 Å². The van der Waals surface area contributed by atoms with Crippen molar-refractivity contribution in [1.29, 1.82) is 0 Å². The van der Waals surface area contributed by atoms with E-state index in [1.165, 1.54) is 31.4 Å².